The zero-order chi connectivity index (χ0) is 19.0. The quantitative estimate of drug-likeness (QED) is 0.405. The number of rotatable bonds is 4. The van der Waals surface area contributed by atoms with Crippen molar-refractivity contribution in [2.75, 3.05) is 0 Å². The number of hydrogen-bond donors (Lipinski definition) is 0. The highest BCUT2D eigenvalue weighted by Gasteiger charge is 2.13. The van der Waals surface area contributed by atoms with Crippen LogP contribution in [0.5, 0.6) is 0 Å². The normalized spacial score (nSPS) is 11.0. The summed E-state index contributed by atoms with van der Waals surface area (Å²) < 4.78 is 3.76. The number of nitro benzene ring substituents is 1. The molecule has 0 atom stereocenters. The topological polar surface area (TPSA) is 104 Å². The molecule has 2 heterocycles. The molecule has 2 aromatic heterocycles. The predicted octanol–water partition coefficient (Wildman–Crippen LogP) is 1.60. The lowest BCUT2D eigenvalue weighted by atomic mass is 10.2. The van der Waals surface area contributed by atoms with Gasteiger partial charge < -0.3 is 0 Å². The van der Waals surface area contributed by atoms with Crippen molar-refractivity contribution in [1.82, 2.24) is 18.7 Å². The van der Waals surface area contributed by atoms with Gasteiger partial charge in [0.15, 0.2) is 0 Å². The van der Waals surface area contributed by atoms with Crippen LogP contribution in [-0.4, -0.2) is 23.7 Å². The predicted molar refractivity (Wildman–Crippen MR) is 97.2 cm³/mol. The molecule has 9 nitrogen and oxygen atoms in total. The van der Waals surface area contributed by atoms with E-state index in [9.17, 15) is 19.7 Å². The van der Waals surface area contributed by atoms with Crippen LogP contribution in [0.25, 0.3) is 11.3 Å². The number of benzene rings is 2. The van der Waals surface area contributed by atoms with Gasteiger partial charge in [-0.25, -0.2) is 13.9 Å². The first kappa shape index (κ1) is 16.5. The van der Waals surface area contributed by atoms with Crippen LogP contribution in [0.4, 0.5) is 5.69 Å². The Bertz CT molecular complexity index is 1250. The fraction of sp³-hybridized carbons (Fsp3) is 0.0556. The molecule has 4 rings (SSSR count). The van der Waals surface area contributed by atoms with Gasteiger partial charge in [-0.2, -0.15) is 0 Å². The van der Waals surface area contributed by atoms with Gasteiger partial charge in [-0.3, -0.25) is 19.5 Å². The summed E-state index contributed by atoms with van der Waals surface area (Å²) in [5.74, 6) is 0. The van der Waals surface area contributed by atoms with Crippen LogP contribution in [0.2, 0.25) is 0 Å². The Morgan fingerprint density at radius 1 is 0.963 bits per heavy atom. The second-order valence-corrected chi connectivity index (χ2v) is 5.87. The van der Waals surface area contributed by atoms with Crippen molar-refractivity contribution in [2.45, 2.75) is 6.54 Å². The zero-order valence-electron chi connectivity index (χ0n) is 13.9. The van der Waals surface area contributed by atoms with Crippen molar-refractivity contribution in [1.29, 1.82) is 0 Å². The van der Waals surface area contributed by atoms with Gasteiger partial charge in [0, 0.05) is 30.2 Å². The van der Waals surface area contributed by atoms with E-state index in [1.807, 2.05) is 18.2 Å². The van der Waals surface area contributed by atoms with E-state index in [1.54, 1.807) is 24.3 Å². The second kappa shape index (κ2) is 6.37. The molecule has 0 saturated carbocycles. The van der Waals surface area contributed by atoms with Gasteiger partial charge in [0.25, 0.3) is 5.69 Å². The lowest BCUT2D eigenvalue weighted by molar-refractivity contribution is -0.384. The highest BCUT2D eigenvalue weighted by molar-refractivity contribution is 5.40. The van der Waals surface area contributed by atoms with E-state index in [-0.39, 0.29) is 17.9 Å². The Morgan fingerprint density at radius 2 is 1.67 bits per heavy atom. The number of aromatic nitrogens is 4. The number of nitro groups is 1. The minimum Gasteiger partial charge on any atom is -0.280 e. The summed E-state index contributed by atoms with van der Waals surface area (Å²) in [4.78, 5) is 35.5. The molecule has 0 aliphatic carbocycles. The van der Waals surface area contributed by atoms with E-state index in [1.165, 1.54) is 33.5 Å². The third-order valence-electron chi connectivity index (χ3n) is 4.16. The summed E-state index contributed by atoms with van der Waals surface area (Å²) in [6.45, 7) is 0.100. The summed E-state index contributed by atoms with van der Waals surface area (Å²) in [7, 11) is 0. The van der Waals surface area contributed by atoms with E-state index in [0.717, 1.165) is 4.68 Å². The maximum atomic E-state index is 12.7. The number of fused-ring (bicyclic) bond motifs is 1. The average molecular weight is 363 g/mol. The van der Waals surface area contributed by atoms with Crippen molar-refractivity contribution in [2.24, 2.45) is 0 Å². The van der Waals surface area contributed by atoms with Crippen LogP contribution >= 0.6 is 0 Å². The molecule has 0 unspecified atom stereocenters. The van der Waals surface area contributed by atoms with Gasteiger partial charge in [0.2, 0.25) is 5.65 Å². The van der Waals surface area contributed by atoms with Crippen molar-refractivity contribution in [3.05, 3.63) is 104 Å². The average Bonchev–Trinajstić information content (AvgIpc) is 3.00. The Morgan fingerprint density at radius 3 is 2.33 bits per heavy atom. The highest BCUT2D eigenvalue weighted by atomic mass is 16.6. The van der Waals surface area contributed by atoms with Gasteiger partial charge in [0.05, 0.1) is 11.5 Å². The Kier molecular flexibility index (Phi) is 3.88. The van der Waals surface area contributed by atoms with Gasteiger partial charge in [-0.15, -0.1) is 5.10 Å². The van der Waals surface area contributed by atoms with Crippen molar-refractivity contribution >= 4 is 11.3 Å². The van der Waals surface area contributed by atoms with E-state index >= 15 is 0 Å². The second-order valence-electron chi connectivity index (χ2n) is 5.87. The van der Waals surface area contributed by atoms with E-state index in [0.29, 0.717) is 11.3 Å². The molecular weight excluding hydrogens is 350 g/mol. The van der Waals surface area contributed by atoms with Gasteiger partial charge >= 0.3 is 11.2 Å². The minimum absolute atomic E-state index is 0.00765. The lowest BCUT2D eigenvalue weighted by Gasteiger charge is -2.04. The fourth-order valence-corrected chi connectivity index (χ4v) is 2.80. The largest absolute Gasteiger partial charge is 0.350 e. The van der Waals surface area contributed by atoms with Crippen LogP contribution in [0.15, 0.2) is 76.6 Å². The molecule has 0 radical (unpaired) electrons. The molecule has 0 spiro atoms. The third-order valence-corrected chi connectivity index (χ3v) is 4.16. The molecule has 0 saturated heterocycles. The molecule has 0 amide bonds. The van der Waals surface area contributed by atoms with Crippen LogP contribution in [0.1, 0.15) is 5.56 Å². The zero-order valence-corrected chi connectivity index (χ0v) is 13.9. The van der Waals surface area contributed by atoms with Crippen molar-refractivity contribution in [3.63, 3.8) is 0 Å². The van der Waals surface area contributed by atoms with Crippen LogP contribution < -0.4 is 11.2 Å². The van der Waals surface area contributed by atoms with Crippen molar-refractivity contribution in [3.8, 4) is 5.69 Å². The smallest absolute Gasteiger partial charge is 0.280 e. The summed E-state index contributed by atoms with van der Waals surface area (Å²) in [6, 6.07) is 14.9. The number of nitrogens with zero attached hydrogens (tertiary/aromatic N) is 5. The summed E-state index contributed by atoms with van der Waals surface area (Å²) in [6.07, 6.45) is 3.01. The lowest BCUT2D eigenvalue weighted by Crippen LogP contribution is -2.24. The number of hydrogen-bond acceptors (Lipinski definition) is 5. The standard InChI is InChI=1S/C18H13N5O4/c24-17-16-19-22(12-13-6-8-15(9-7-13)23(26)27)18(25)21(16)11-10-20(17)14-4-2-1-3-5-14/h1-11H,12H2. The van der Waals surface area contributed by atoms with E-state index in [2.05, 4.69) is 5.10 Å². The first-order valence-electron chi connectivity index (χ1n) is 8.04. The molecule has 9 heteroatoms. The fourth-order valence-electron chi connectivity index (χ4n) is 2.80. The Hall–Kier alpha value is -4.01. The summed E-state index contributed by atoms with van der Waals surface area (Å²) >= 11 is 0. The van der Waals surface area contributed by atoms with E-state index in [4.69, 9.17) is 0 Å². The molecule has 2 aromatic carbocycles. The molecule has 0 bridgehead atoms. The van der Waals surface area contributed by atoms with Gasteiger partial charge in [-0.05, 0) is 17.7 Å². The number of non-ortho nitro benzene ring substituents is 1. The molecule has 4 aromatic rings. The molecule has 0 N–H and O–H groups in total. The first-order chi connectivity index (χ1) is 13.0. The minimum atomic E-state index is -0.493. The van der Waals surface area contributed by atoms with E-state index < -0.39 is 16.2 Å². The van der Waals surface area contributed by atoms with Crippen LogP contribution in [-0.2, 0) is 6.54 Å². The van der Waals surface area contributed by atoms with Gasteiger partial charge in [0.1, 0.15) is 0 Å². The molecule has 27 heavy (non-hydrogen) atoms. The molecule has 0 aliphatic heterocycles. The monoisotopic (exact) mass is 363 g/mol. The maximum absolute atomic E-state index is 12.7. The SMILES string of the molecule is O=c1c2nn(Cc3ccc([N+](=O)[O-])cc3)c(=O)n2ccn1-c1ccccc1. The third kappa shape index (κ3) is 2.91. The van der Waals surface area contributed by atoms with Crippen molar-refractivity contribution < 1.29 is 4.92 Å². The van der Waals surface area contributed by atoms with Crippen LogP contribution in [0.3, 0.4) is 0 Å². The molecule has 0 aliphatic rings. The van der Waals surface area contributed by atoms with Gasteiger partial charge in [-0.1, -0.05) is 30.3 Å². The highest BCUT2D eigenvalue weighted by Crippen LogP contribution is 2.12. The Balaban J connectivity index is 1.76. The van der Waals surface area contributed by atoms with Crippen LogP contribution in [0, 0.1) is 10.1 Å². The summed E-state index contributed by atoms with van der Waals surface area (Å²) in [5, 5.41) is 14.9. The first-order valence-corrected chi connectivity index (χ1v) is 8.04. The molecule has 0 fully saturated rings. The maximum Gasteiger partial charge on any atom is 0.350 e. The Labute approximate surface area is 151 Å². The molecular formula is C18H13N5O4. The summed E-state index contributed by atoms with van der Waals surface area (Å²) in [5.41, 5.74) is 0.431. The molecule has 134 valence electrons. The number of para-hydroxylation sites is 1.